The van der Waals surface area contributed by atoms with E-state index in [4.69, 9.17) is 0 Å². The molecular weight excluding hydrogens is 160 g/mol. The van der Waals surface area contributed by atoms with E-state index in [0.29, 0.717) is 5.41 Å². The lowest BCUT2D eigenvalue weighted by Gasteiger charge is -2.52. The fourth-order valence-corrected chi connectivity index (χ4v) is 2.73. The summed E-state index contributed by atoms with van der Waals surface area (Å²) in [4.78, 5) is 6.86. The van der Waals surface area contributed by atoms with Crippen LogP contribution in [0.4, 0.5) is 0 Å². The average Bonchev–Trinajstić information content (AvgIpc) is 2.14. The Morgan fingerprint density at radius 3 is 2.38 bits per heavy atom. The van der Waals surface area contributed by atoms with Crippen LogP contribution in [-0.2, 0) is 0 Å². The van der Waals surface area contributed by atoms with E-state index < -0.39 is 0 Å². The van der Waals surface area contributed by atoms with Crippen LogP contribution in [0.1, 0.15) is 32.6 Å². The number of nitrogens with zero attached hydrogens (tertiary/aromatic N) is 2. The van der Waals surface area contributed by atoms with Crippen LogP contribution in [0.3, 0.4) is 0 Å². The van der Waals surface area contributed by atoms with Gasteiger partial charge in [-0.3, -0.25) is 4.99 Å². The third kappa shape index (κ3) is 1.64. The van der Waals surface area contributed by atoms with Gasteiger partial charge in [0.05, 0.1) is 0 Å². The predicted molar refractivity (Wildman–Crippen MR) is 56.4 cm³/mol. The summed E-state index contributed by atoms with van der Waals surface area (Å²) in [5.74, 6) is 0. The van der Waals surface area contributed by atoms with Crippen LogP contribution < -0.4 is 0 Å². The zero-order valence-corrected chi connectivity index (χ0v) is 8.84. The molecule has 1 saturated heterocycles. The van der Waals surface area contributed by atoms with Gasteiger partial charge in [-0.15, -0.1) is 0 Å². The molecule has 1 heterocycles. The molecule has 74 valence electrons. The molecule has 2 fully saturated rings. The second-order valence-corrected chi connectivity index (χ2v) is 4.59. The molecule has 0 aromatic rings. The van der Waals surface area contributed by atoms with Crippen molar-refractivity contribution < 1.29 is 0 Å². The fourth-order valence-electron chi connectivity index (χ4n) is 2.73. The predicted octanol–water partition coefficient (Wildman–Crippen LogP) is 1.95. The molecule has 13 heavy (non-hydrogen) atoms. The first-order chi connectivity index (χ1) is 6.28. The van der Waals surface area contributed by atoms with Crippen molar-refractivity contribution in [1.29, 1.82) is 0 Å². The van der Waals surface area contributed by atoms with Crippen molar-refractivity contribution in [3.05, 3.63) is 0 Å². The van der Waals surface area contributed by atoms with E-state index in [2.05, 4.69) is 16.8 Å². The zero-order valence-electron chi connectivity index (χ0n) is 8.84. The molecule has 0 aromatic heterocycles. The van der Waals surface area contributed by atoms with Crippen LogP contribution in [0, 0.1) is 5.41 Å². The second-order valence-electron chi connectivity index (χ2n) is 4.59. The highest BCUT2D eigenvalue weighted by Crippen LogP contribution is 2.42. The number of likely N-dealkylation sites (tertiary alicyclic amines) is 1. The average molecular weight is 180 g/mol. The van der Waals surface area contributed by atoms with Gasteiger partial charge in [-0.1, -0.05) is 6.92 Å². The van der Waals surface area contributed by atoms with Crippen molar-refractivity contribution in [3.8, 4) is 0 Å². The molecule has 0 atom stereocenters. The molecule has 0 bridgehead atoms. The first kappa shape index (κ1) is 9.20. The summed E-state index contributed by atoms with van der Waals surface area (Å²) in [6.45, 7) is 6.19. The summed E-state index contributed by atoms with van der Waals surface area (Å²) in [6, 6.07) is 0. The Hall–Kier alpha value is -0.370. The molecule has 0 unspecified atom stereocenters. The topological polar surface area (TPSA) is 15.6 Å². The maximum atomic E-state index is 4.31. The van der Waals surface area contributed by atoms with E-state index in [-0.39, 0.29) is 0 Å². The largest absolute Gasteiger partial charge is 0.302 e. The minimum absolute atomic E-state index is 0.699. The van der Waals surface area contributed by atoms with E-state index in [1.54, 1.807) is 0 Å². The van der Waals surface area contributed by atoms with Crippen LogP contribution >= 0.6 is 0 Å². The first-order valence-corrected chi connectivity index (χ1v) is 5.45. The van der Waals surface area contributed by atoms with Crippen LogP contribution in [0.2, 0.25) is 0 Å². The van der Waals surface area contributed by atoms with Gasteiger partial charge in [-0.25, -0.2) is 0 Å². The van der Waals surface area contributed by atoms with Gasteiger partial charge in [0.15, 0.2) is 0 Å². The summed E-state index contributed by atoms with van der Waals surface area (Å²) in [5, 5.41) is 0. The van der Waals surface area contributed by atoms with Gasteiger partial charge in [-0.2, -0.15) is 0 Å². The van der Waals surface area contributed by atoms with Gasteiger partial charge in [-0.05, 0) is 37.6 Å². The summed E-state index contributed by atoms with van der Waals surface area (Å²) >= 11 is 0. The van der Waals surface area contributed by atoms with E-state index in [0.717, 1.165) is 0 Å². The van der Waals surface area contributed by atoms with Gasteiger partial charge < -0.3 is 4.90 Å². The summed E-state index contributed by atoms with van der Waals surface area (Å²) in [6.07, 6.45) is 5.29. The Morgan fingerprint density at radius 2 is 1.92 bits per heavy atom. The molecule has 0 amide bonds. The number of hydrogen-bond donors (Lipinski definition) is 0. The molecule has 1 aliphatic carbocycles. The third-order valence-electron chi connectivity index (χ3n) is 3.77. The van der Waals surface area contributed by atoms with Gasteiger partial charge in [0, 0.05) is 25.8 Å². The summed E-state index contributed by atoms with van der Waals surface area (Å²) in [7, 11) is 1.94. The quantitative estimate of drug-likeness (QED) is 0.602. The van der Waals surface area contributed by atoms with Gasteiger partial charge in [0.25, 0.3) is 0 Å². The Morgan fingerprint density at radius 1 is 1.31 bits per heavy atom. The van der Waals surface area contributed by atoms with E-state index >= 15 is 0 Å². The fraction of sp³-hybridized carbons (Fsp3) is 0.909. The molecule has 0 radical (unpaired) electrons. The van der Waals surface area contributed by atoms with Crippen LogP contribution in [-0.4, -0.2) is 37.3 Å². The highest BCUT2D eigenvalue weighted by Gasteiger charge is 2.43. The van der Waals surface area contributed by atoms with Crippen molar-refractivity contribution in [2.24, 2.45) is 10.4 Å². The standard InChI is InChI=1S/C11H20N2/c1-3-13-8-11(9-13)6-4-10(12-2)5-7-11/h3-9H2,1-2H3. The molecule has 2 rings (SSSR count). The minimum atomic E-state index is 0.699. The van der Waals surface area contributed by atoms with Crippen molar-refractivity contribution in [2.75, 3.05) is 26.7 Å². The lowest BCUT2D eigenvalue weighted by molar-refractivity contribution is -0.0110. The molecule has 0 aromatic carbocycles. The highest BCUT2D eigenvalue weighted by molar-refractivity contribution is 5.85. The first-order valence-electron chi connectivity index (χ1n) is 5.45. The van der Waals surface area contributed by atoms with Crippen molar-refractivity contribution in [3.63, 3.8) is 0 Å². The van der Waals surface area contributed by atoms with E-state index in [9.17, 15) is 0 Å². The zero-order chi connectivity index (χ0) is 9.31. The smallest absolute Gasteiger partial charge is 0.0276 e. The molecule has 1 aliphatic heterocycles. The Kier molecular flexibility index (Phi) is 2.41. The molecule has 2 aliphatic rings. The third-order valence-corrected chi connectivity index (χ3v) is 3.77. The van der Waals surface area contributed by atoms with Gasteiger partial charge in [0.2, 0.25) is 0 Å². The maximum absolute atomic E-state index is 4.31. The summed E-state index contributed by atoms with van der Waals surface area (Å²) in [5.41, 5.74) is 2.14. The van der Waals surface area contributed by atoms with Crippen molar-refractivity contribution in [2.45, 2.75) is 32.6 Å². The minimum Gasteiger partial charge on any atom is -0.302 e. The maximum Gasteiger partial charge on any atom is 0.0276 e. The molecule has 1 saturated carbocycles. The molecule has 2 nitrogen and oxygen atoms in total. The number of rotatable bonds is 1. The molecule has 1 spiro atoms. The molecule has 2 heteroatoms. The molecule has 0 N–H and O–H groups in total. The Bertz CT molecular complexity index is 202. The SMILES string of the molecule is CCN1CC2(CCC(=NC)CC2)C1. The van der Waals surface area contributed by atoms with Gasteiger partial charge in [0.1, 0.15) is 0 Å². The van der Waals surface area contributed by atoms with E-state index in [1.165, 1.54) is 51.0 Å². The van der Waals surface area contributed by atoms with E-state index in [1.807, 2.05) is 7.05 Å². The van der Waals surface area contributed by atoms with Crippen molar-refractivity contribution >= 4 is 5.71 Å². The highest BCUT2D eigenvalue weighted by atomic mass is 15.2. The van der Waals surface area contributed by atoms with Gasteiger partial charge >= 0.3 is 0 Å². The number of aliphatic imine (C=N–C) groups is 1. The van der Waals surface area contributed by atoms with Crippen LogP contribution in [0.15, 0.2) is 4.99 Å². The lowest BCUT2D eigenvalue weighted by atomic mass is 9.68. The number of hydrogen-bond acceptors (Lipinski definition) is 2. The second kappa shape index (κ2) is 3.41. The normalized spacial score (nSPS) is 27.4. The summed E-state index contributed by atoms with van der Waals surface area (Å²) < 4.78 is 0. The Labute approximate surface area is 81.0 Å². The monoisotopic (exact) mass is 180 g/mol. The van der Waals surface area contributed by atoms with Crippen LogP contribution in [0.25, 0.3) is 0 Å². The van der Waals surface area contributed by atoms with Crippen LogP contribution in [0.5, 0.6) is 0 Å². The lowest BCUT2D eigenvalue weighted by Crippen LogP contribution is -2.57. The molecular formula is C11H20N2. The Balaban J connectivity index is 1.86. The van der Waals surface area contributed by atoms with Crippen molar-refractivity contribution in [1.82, 2.24) is 4.90 Å².